The van der Waals surface area contributed by atoms with E-state index in [0.717, 1.165) is 45.4 Å². The molecule has 200 valence electrons. The molecule has 0 saturated carbocycles. The number of aromatic nitrogens is 5. The van der Waals surface area contributed by atoms with Crippen LogP contribution in [-0.4, -0.2) is 59.2 Å². The predicted octanol–water partition coefficient (Wildman–Crippen LogP) is 4.46. The summed E-state index contributed by atoms with van der Waals surface area (Å²) in [5.74, 6) is 0.195. The number of aromatic amines is 2. The Morgan fingerprint density at radius 1 is 1.10 bits per heavy atom. The van der Waals surface area contributed by atoms with Crippen LogP contribution < -0.4 is 16.1 Å². The van der Waals surface area contributed by atoms with Crippen molar-refractivity contribution in [3.8, 4) is 34.0 Å². The Labute approximate surface area is 241 Å². The first-order valence-corrected chi connectivity index (χ1v) is 13.9. The summed E-state index contributed by atoms with van der Waals surface area (Å²) < 4.78 is 13.4. The quantitative estimate of drug-likeness (QED) is 0.134. The molecule has 0 aliphatic carbocycles. The van der Waals surface area contributed by atoms with E-state index >= 15 is 0 Å². The van der Waals surface area contributed by atoms with Gasteiger partial charge in [0.2, 0.25) is 11.6 Å². The first-order chi connectivity index (χ1) is 18.9. The molecule has 10 nitrogen and oxygen atoms in total. The number of alkyl halides is 1. The van der Waals surface area contributed by atoms with Gasteiger partial charge < -0.3 is 25.3 Å². The van der Waals surface area contributed by atoms with Gasteiger partial charge in [0.1, 0.15) is 6.10 Å². The molecule has 0 spiro atoms. The highest BCUT2D eigenvalue weighted by Crippen LogP contribution is 2.34. The number of ether oxygens (including phenoxy) is 2. The number of halogens is 2. The molecule has 39 heavy (non-hydrogen) atoms. The zero-order valence-electron chi connectivity index (χ0n) is 20.6. The lowest BCUT2D eigenvalue weighted by molar-refractivity contribution is -0.0599. The van der Waals surface area contributed by atoms with E-state index in [9.17, 15) is 5.11 Å². The lowest BCUT2D eigenvalue weighted by atomic mass is 10.00. The van der Waals surface area contributed by atoms with Gasteiger partial charge in [-0.1, -0.05) is 70.6 Å². The zero-order valence-corrected chi connectivity index (χ0v) is 23.5. The van der Waals surface area contributed by atoms with Gasteiger partial charge in [-0.3, -0.25) is 10.5 Å². The minimum atomic E-state index is -0.161. The summed E-state index contributed by atoms with van der Waals surface area (Å²) in [5.41, 5.74) is 11.9. The van der Waals surface area contributed by atoms with Crippen molar-refractivity contribution >= 4 is 51.2 Å². The molecule has 6 N–H and O–H groups in total. The molecule has 5 aromatic rings. The Balaban J connectivity index is 1.20. The number of H-pyrrole nitrogens is 2. The maximum atomic E-state index is 9.40. The molecule has 3 heterocycles. The third-order valence-electron chi connectivity index (χ3n) is 6.71. The molecule has 0 bridgehead atoms. The molecule has 0 radical (unpaired) electrons. The molecule has 12 heteroatoms. The van der Waals surface area contributed by atoms with Gasteiger partial charge in [0.15, 0.2) is 0 Å². The second-order valence-corrected chi connectivity index (χ2v) is 11.3. The topological polar surface area (TPSA) is 151 Å². The molecule has 1 saturated heterocycles. The second kappa shape index (κ2) is 10.6. The van der Waals surface area contributed by atoms with Crippen molar-refractivity contribution < 1.29 is 14.6 Å². The number of aliphatic hydroxyl groups is 1. The van der Waals surface area contributed by atoms with Crippen LogP contribution in [0.1, 0.15) is 6.42 Å². The summed E-state index contributed by atoms with van der Waals surface area (Å²) in [5, 5.41) is 20.8. The molecule has 3 aromatic carbocycles. The minimum absolute atomic E-state index is 0.00798. The molecular weight excluding hydrogens is 633 g/mol. The Bertz CT molecular complexity index is 1680. The van der Waals surface area contributed by atoms with Crippen LogP contribution in [0.4, 0.5) is 5.95 Å². The lowest BCUT2D eigenvalue weighted by Crippen LogP contribution is -2.42. The first-order valence-electron chi connectivity index (χ1n) is 12.3. The van der Waals surface area contributed by atoms with Crippen LogP contribution in [0.2, 0.25) is 5.02 Å². The summed E-state index contributed by atoms with van der Waals surface area (Å²) in [6, 6.07) is 20.2. The molecule has 3 atom stereocenters. The zero-order chi connectivity index (χ0) is 27.1. The van der Waals surface area contributed by atoms with E-state index in [0.29, 0.717) is 17.6 Å². The predicted molar refractivity (Wildman–Crippen MR) is 157 cm³/mol. The normalized spacial score (nSPS) is 19.4. The van der Waals surface area contributed by atoms with E-state index in [4.69, 9.17) is 32.2 Å². The number of rotatable bonds is 6. The number of nitrogens with zero attached hydrogens (tertiary/aromatic N) is 3. The number of fused-ring (bicyclic) bond motifs is 1. The number of aliphatic hydroxyl groups excluding tert-OH is 1. The van der Waals surface area contributed by atoms with E-state index in [-0.39, 0.29) is 34.3 Å². The smallest absolute Gasteiger partial charge is 0.294 e. The fourth-order valence-corrected chi connectivity index (χ4v) is 5.96. The number of benzene rings is 3. The molecule has 2 aromatic heterocycles. The highest BCUT2D eigenvalue weighted by molar-refractivity contribution is 14.1. The minimum Gasteiger partial charge on any atom is -0.459 e. The second-order valence-electron chi connectivity index (χ2n) is 9.33. The number of anilines is 1. The Morgan fingerprint density at radius 2 is 1.79 bits per heavy atom. The van der Waals surface area contributed by atoms with Crippen LogP contribution >= 0.6 is 34.2 Å². The summed E-state index contributed by atoms with van der Waals surface area (Å²) in [7, 11) is 0. The average Bonchev–Trinajstić information content (AvgIpc) is 3.49. The third kappa shape index (κ3) is 5.26. The number of hydrogen-bond donors (Lipinski definition) is 5. The van der Waals surface area contributed by atoms with E-state index in [1.54, 1.807) is 0 Å². The highest BCUT2D eigenvalue weighted by atomic mass is 127. The molecular formula is C27H25ClIN7O3. The van der Waals surface area contributed by atoms with Crippen molar-refractivity contribution in [1.29, 1.82) is 5.41 Å². The molecule has 1 fully saturated rings. The van der Waals surface area contributed by atoms with Crippen LogP contribution in [0.15, 0.2) is 60.7 Å². The maximum absolute atomic E-state index is 9.40. The van der Waals surface area contributed by atoms with E-state index in [1.165, 1.54) is 4.68 Å². The van der Waals surface area contributed by atoms with Crippen molar-refractivity contribution in [2.45, 2.75) is 22.6 Å². The highest BCUT2D eigenvalue weighted by Gasteiger charge is 2.30. The number of hydrogen-bond acceptors (Lipinski definition) is 7. The van der Waals surface area contributed by atoms with Gasteiger partial charge in [-0.25, -0.2) is 4.68 Å². The van der Waals surface area contributed by atoms with Gasteiger partial charge in [0.25, 0.3) is 6.01 Å². The van der Waals surface area contributed by atoms with Gasteiger partial charge in [-0.2, -0.15) is 9.97 Å². The average molecular weight is 658 g/mol. The number of nitrogen functional groups attached to an aromatic ring is 1. The fraction of sp³-hybridized carbons (Fsp3) is 0.222. The Kier molecular flexibility index (Phi) is 7.06. The molecule has 1 aliphatic heterocycles. The summed E-state index contributed by atoms with van der Waals surface area (Å²) >= 11 is 8.96. The first kappa shape index (κ1) is 25.9. The van der Waals surface area contributed by atoms with E-state index in [1.807, 2.05) is 60.7 Å². The van der Waals surface area contributed by atoms with Gasteiger partial charge in [-0.05, 0) is 41.0 Å². The third-order valence-corrected chi connectivity index (χ3v) is 8.34. The van der Waals surface area contributed by atoms with Crippen molar-refractivity contribution in [2.24, 2.45) is 0 Å². The van der Waals surface area contributed by atoms with Crippen molar-refractivity contribution in [2.75, 3.05) is 18.9 Å². The number of nitrogens with one attached hydrogen (secondary N) is 3. The van der Waals surface area contributed by atoms with Gasteiger partial charge in [-0.15, -0.1) is 0 Å². The van der Waals surface area contributed by atoms with Crippen molar-refractivity contribution in [1.82, 2.24) is 24.7 Å². The standard InChI is InChI=1S/C27H25ClIN7O3/c28-20-11-23-22(32-27(33-23)39-18-9-21(29)24(12-37)38-13-18)10-19(20)16-3-1-14(2-4-16)15-5-7-17(8-6-15)36-26(31)34-25(30)35-36/h1-8,10-11,18,21,24,37H,9,12-13H2,(H,32,33)(H4,30,31,34,35)/t18-,21+,24-/m1/s1. The van der Waals surface area contributed by atoms with Crippen LogP contribution in [0.5, 0.6) is 6.01 Å². The van der Waals surface area contributed by atoms with Crippen LogP contribution in [0, 0.1) is 5.41 Å². The van der Waals surface area contributed by atoms with Crippen LogP contribution in [0.3, 0.4) is 0 Å². The lowest BCUT2D eigenvalue weighted by Gasteiger charge is -2.31. The molecule has 0 unspecified atom stereocenters. The van der Waals surface area contributed by atoms with Crippen molar-refractivity contribution in [3.63, 3.8) is 0 Å². The molecule has 1 aliphatic rings. The summed E-state index contributed by atoms with van der Waals surface area (Å²) in [6.45, 7) is 0.415. The van der Waals surface area contributed by atoms with Crippen molar-refractivity contribution in [3.05, 3.63) is 71.3 Å². The van der Waals surface area contributed by atoms with Gasteiger partial charge >= 0.3 is 0 Å². The van der Waals surface area contributed by atoms with E-state index < -0.39 is 0 Å². The molecule has 0 amide bonds. The largest absolute Gasteiger partial charge is 0.459 e. The fourth-order valence-electron chi connectivity index (χ4n) is 4.69. The Hall–Kier alpha value is -3.39. The maximum Gasteiger partial charge on any atom is 0.294 e. The van der Waals surface area contributed by atoms with Crippen LogP contribution in [-0.2, 0) is 4.74 Å². The van der Waals surface area contributed by atoms with Gasteiger partial charge in [0, 0.05) is 15.9 Å². The van der Waals surface area contributed by atoms with Gasteiger partial charge in [0.05, 0.1) is 41.1 Å². The summed E-state index contributed by atoms with van der Waals surface area (Å²) in [4.78, 5) is 11.7. The monoisotopic (exact) mass is 657 g/mol. The Morgan fingerprint density at radius 3 is 2.44 bits per heavy atom. The van der Waals surface area contributed by atoms with Crippen LogP contribution in [0.25, 0.3) is 39.0 Å². The molecule has 6 rings (SSSR count). The number of imidazole rings is 1. The summed E-state index contributed by atoms with van der Waals surface area (Å²) in [6.07, 6.45) is 0.467. The van der Waals surface area contributed by atoms with E-state index in [2.05, 4.69) is 42.6 Å². The number of nitrogens with two attached hydrogens (primary N) is 1. The SMILES string of the molecule is N=c1nc(N)[nH]n1-c1ccc(-c2ccc(-c3cc4nc(O[C@H]5CO[C@H](CO)[C@@H](I)C5)[nH]c4cc3Cl)cc2)cc1.